The van der Waals surface area contributed by atoms with Crippen molar-refractivity contribution in [3.05, 3.63) is 84.1 Å². The monoisotopic (exact) mass is 373 g/mol. The Balaban J connectivity index is 1.61. The third-order valence-corrected chi connectivity index (χ3v) is 4.59. The molecule has 28 heavy (non-hydrogen) atoms. The summed E-state index contributed by atoms with van der Waals surface area (Å²) in [7, 11) is 0. The minimum absolute atomic E-state index is 0.120. The van der Waals surface area contributed by atoms with E-state index in [0.29, 0.717) is 17.0 Å². The van der Waals surface area contributed by atoms with E-state index >= 15 is 0 Å². The Morgan fingerprint density at radius 2 is 1.82 bits per heavy atom. The molecule has 0 radical (unpaired) electrons. The fourth-order valence-corrected chi connectivity index (χ4v) is 3.17. The first-order valence-corrected chi connectivity index (χ1v) is 9.01. The number of amides is 2. The molecule has 1 aromatic heterocycles. The lowest BCUT2D eigenvalue weighted by atomic mass is 10.1. The van der Waals surface area contributed by atoms with Crippen LogP contribution in [0.25, 0.3) is 0 Å². The molecule has 6 heteroatoms. The van der Waals surface area contributed by atoms with Gasteiger partial charge in [0.15, 0.2) is 5.75 Å². The van der Waals surface area contributed by atoms with Crippen LogP contribution in [-0.2, 0) is 4.79 Å². The highest BCUT2D eigenvalue weighted by Crippen LogP contribution is 2.37. The van der Waals surface area contributed by atoms with Crippen LogP contribution < -0.4 is 15.0 Å². The standard InChI is InChI=1S/C22H19N3O3/c1-15(16-8-3-2-4-9-16)24-20(26)14-25-18-11-5-6-12-19(18)28-21-17(22(25)27)10-7-13-23-21/h2-13,15H,14H2,1H3,(H,24,26)/t15-/m0/s1. The molecule has 3 aromatic rings. The summed E-state index contributed by atoms with van der Waals surface area (Å²) in [5.41, 5.74) is 1.85. The summed E-state index contributed by atoms with van der Waals surface area (Å²) < 4.78 is 5.83. The molecular weight excluding hydrogens is 354 g/mol. The Morgan fingerprint density at radius 1 is 1.07 bits per heavy atom. The molecule has 0 spiro atoms. The number of para-hydroxylation sites is 2. The zero-order chi connectivity index (χ0) is 19.5. The van der Waals surface area contributed by atoms with E-state index in [1.807, 2.05) is 43.3 Å². The van der Waals surface area contributed by atoms with Crippen LogP contribution in [0.3, 0.4) is 0 Å². The summed E-state index contributed by atoms with van der Waals surface area (Å²) >= 11 is 0. The molecule has 1 aliphatic heterocycles. The number of rotatable bonds is 4. The van der Waals surface area contributed by atoms with Crippen molar-refractivity contribution < 1.29 is 14.3 Å². The lowest BCUT2D eigenvalue weighted by Gasteiger charge is -2.23. The number of pyridine rings is 1. The van der Waals surface area contributed by atoms with E-state index in [9.17, 15) is 9.59 Å². The molecular formula is C22H19N3O3. The third kappa shape index (κ3) is 3.44. The third-order valence-electron chi connectivity index (χ3n) is 4.59. The van der Waals surface area contributed by atoms with E-state index in [4.69, 9.17) is 4.74 Å². The van der Waals surface area contributed by atoms with Gasteiger partial charge in [-0.1, -0.05) is 42.5 Å². The summed E-state index contributed by atoms with van der Waals surface area (Å²) in [6.45, 7) is 1.79. The van der Waals surface area contributed by atoms with Crippen LogP contribution in [0.2, 0.25) is 0 Å². The predicted octanol–water partition coefficient (Wildman–Crippen LogP) is 3.71. The van der Waals surface area contributed by atoms with E-state index in [1.54, 1.807) is 36.5 Å². The topological polar surface area (TPSA) is 71.5 Å². The summed E-state index contributed by atoms with van der Waals surface area (Å²) in [6.07, 6.45) is 1.57. The number of aromatic nitrogens is 1. The Morgan fingerprint density at radius 3 is 2.64 bits per heavy atom. The number of fused-ring (bicyclic) bond motifs is 2. The van der Waals surface area contributed by atoms with Crippen molar-refractivity contribution in [1.82, 2.24) is 10.3 Å². The van der Waals surface area contributed by atoms with Gasteiger partial charge in [-0.2, -0.15) is 0 Å². The SMILES string of the molecule is C[C@H](NC(=O)CN1C(=O)c2cccnc2Oc2ccccc21)c1ccccc1. The van der Waals surface area contributed by atoms with E-state index < -0.39 is 0 Å². The van der Waals surface area contributed by atoms with Crippen molar-refractivity contribution in [2.24, 2.45) is 0 Å². The highest BCUT2D eigenvalue weighted by Gasteiger charge is 2.30. The van der Waals surface area contributed by atoms with Crippen LogP contribution in [0.15, 0.2) is 72.9 Å². The molecule has 0 saturated carbocycles. The second kappa shape index (κ2) is 7.52. The van der Waals surface area contributed by atoms with Gasteiger partial charge in [-0.15, -0.1) is 0 Å². The highest BCUT2D eigenvalue weighted by atomic mass is 16.5. The molecule has 1 aliphatic rings. The number of ether oxygens (including phenoxy) is 1. The molecule has 2 amide bonds. The zero-order valence-electron chi connectivity index (χ0n) is 15.3. The number of hydrogen-bond donors (Lipinski definition) is 1. The maximum absolute atomic E-state index is 13.1. The Kier molecular flexibility index (Phi) is 4.76. The number of benzene rings is 2. The van der Waals surface area contributed by atoms with Gasteiger partial charge < -0.3 is 10.1 Å². The molecule has 0 aliphatic carbocycles. The first kappa shape index (κ1) is 17.7. The van der Waals surface area contributed by atoms with Gasteiger partial charge in [0.1, 0.15) is 12.1 Å². The van der Waals surface area contributed by atoms with Crippen LogP contribution in [0.1, 0.15) is 28.9 Å². The minimum atomic E-state index is -0.324. The minimum Gasteiger partial charge on any atom is -0.436 e. The number of carbonyl (C=O) groups excluding carboxylic acids is 2. The van der Waals surface area contributed by atoms with E-state index in [1.165, 1.54) is 4.90 Å². The Labute approximate surface area is 162 Å². The number of anilines is 1. The maximum atomic E-state index is 13.1. The summed E-state index contributed by atoms with van der Waals surface area (Å²) in [5, 5.41) is 2.95. The molecule has 0 bridgehead atoms. The van der Waals surface area contributed by atoms with Gasteiger partial charge in [-0.05, 0) is 36.8 Å². The summed E-state index contributed by atoms with van der Waals surface area (Å²) in [6, 6.07) is 20.0. The molecule has 1 atom stereocenters. The van der Waals surface area contributed by atoms with Crippen LogP contribution in [0.5, 0.6) is 11.6 Å². The quantitative estimate of drug-likeness (QED) is 0.757. The van der Waals surface area contributed by atoms with Crippen LogP contribution >= 0.6 is 0 Å². The first-order chi connectivity index (χ1) is 13.6. The molecule has 4 rings (SSSR count). The first-order valence-electron chi connectivity index (χ1n) is 9.01. The largest absolute Gasteiger partial charge is 0.436 e. The van der Waals surface area contributed by atoms with Crippen molar-refractivity contribution >= 4 is 17.5 Å². The second-order valence-electron chi connectivity index (χ2n) is 6.52. The number of carbonyl (C=O) groups is 2. The highest BCUT2D eigenvalue weighted by molar-refractivity contribution is 6.11. The molecule has 1 N–H and O–H groups in total. The van der Waals surface area contributed by atoms with Gasteiger partial charge in [0, 0.05) is 6.20 Å². The molecule has 140 valence electrons. The Hall–Kier alpha value is -3.67. The number of nitrogens with zero attached hydrogens (tertiary/aromatic N) is 2. The van der Waals surface area contributed by atoms with E-state index in [2.05, 4.69) is 10.3 Å². The van der Waals surface area contributed by atoms with Crippen molar-refractivity contribution in [2.45, 2.75) is 13.0 Å². The van der Waals surface area contributed by atoms with Gasteiger partial charge >= 0.3 is 0 Å². The predicted molar refractivity (Wildman–Crippen MR) is 105 cm³/mol. The second-order valence-corrected chi connectivity index (χ2v) is 6.52. The lowest BCUT2D eigenvalue weighted by Crippen LogP contribution is -2.41. The average Bonchev–Trinajstić information content (AvgIpc) is 2.84. The summed E-state index contributed by atoms with van der Waals surface area (Å²) in [5.74, 6) is 0.139. The van der Waals surface area contributed by atoms with Crippen molar-refractivity contribution in [2.75, 3.05) is 11.4 Å². The maximum Gasteiger partial charge on any atom is 0.264 e. The van der Waals surface area contributed by atoms with Gasteiger partial charge in [0.2, 0.25) is 11.8 Å². The fourth-order valence-electron chi connectivity index (χ4n) is 3.17. The van der Waals surface area contributed by atoms with Crippen LogP contribution in [0, 0.1) is 0 Å². The van der Waals surface area contributed by atoms with Crippen molar-refractivity contribution in [3.63, 3.8) is 0 Å². The molecule has 0 fully saturated rings. The molecule has 0 unspecified atom stereocenters. The van der Waals surface area contributed by atoms with Gasteiger partial charge in [-0.25, -0.2) is 4.98 Å². The fraction of sp³-hybridized carbons (Fsp3) is 0.136. The van der Waals surface area contributed by atoms with Crippen LogP contribution in [-0.4, -0.2) is 23.3 Å². The van der Waals surface area contributed by atoms with E-state index in [-0.39, 0.29) is 30.3 Å². The molecule has 2 aromatic carbocycles. The van der Waals surface area contributed by atoms with E-state index in [0.717, 1.165) is 5.56 Å². The normalized spacial score (nSPS) is 13.6. The van der Waals surface area contributed by atoms with Gasteiger partial charge in [-0.3, -0.25) is 14.5 Å². The van der Waals surface area contributed by atoms with Gasteiger partial charge in [0.25, 0.3) is 5.91 Å². The van der Waals surface area contributed by atoms with Crippen molar-refractivity contribution in [1.29, 1.82) is 0 Å². The number of hydrogen-bond acceptors (Lipinski definition) is 4. The van der Waals surface area contributed by atoms with Crippen LogP contribution in [0.4, 0.5) is 5.69 Å². The van der Waals surface area contributed by atoms with Gasteiger partial charge in [0.05, 0.1) is 11.7 Å². The smallest absolute Gasteiger partial charge is 0.264 e. The Bertz CT molecular complexity index is 1020. The molecule has 6 nitrogen and oxygen atoms in total. The zero-order valence-corrected chi connectivity index (χ0v) is 15.3. The lowest BCUT2D eigenvalue weighted by molar-refractivity contribution is -0.120. The number of nitrogens with one attached hydrogen (secondary N) is 1. The molecule has 0 saturated heterocycles. The summed E-state index contributed by atoms with van der Waals surface area (Å²) in [4.78, 5) is 31.4. The molecule has 2 heterocycles. The van der Waals surface area contributed by atoms with Crippen molar-refractivity contribution in [3.8, 4) is 11.6 Å². The average molecular weight is 373 g/mol.